The van der Waals surface area contributed by atoms with Crippen molar-refractivity contribution in [2.75, 3.05) is 20.2 Å². The predicted molar refractivity (Wildman–Crippen MR) is 86.9 cm³/mol. The first-order valence-corrected chi connectivity index (χ1v) is 8.59. The number of hydrogen-bond donors (Lipinski definition) is 2. The molecule has 6 nitrogen and oxygen atoms in total. The number of amides is 1. The third-order valence-corrected chi connectivity index (χ3v) is 4.65. The zero-order valence-electron chi connectivity index (χ0n) is 13.0. The minimum Gasteiger partial charge on any atom is -0.497 e. The molecule has 0 aliphatic rings. The van der Waals surface area contributed by atoms with E-state index >= 15 is 0 Å². The van der Waals surface area contributed by atoms with Gasteiger partial charge >= 0.3 is 0 Å². The molecule has 128 valence electrons. The highest BCUT2D eigenvalue weighted by molar-refractivity contribution is 7.89. The summed E-state index contributed by atoms with van der Waals surface area (Å²) in [6.07, 6.45) is 0. The molecule has 0 saturated carbocycles. The maximum Gasteiger partial charge on any atom is 0.254 e. The second-order valence-corrected chi connectivity index (χ2v) is 6.58. The Morgan fingerprint density at radius 2 is 1.83 bits per heavy atom. The summed E-state index contributed by atoms with van der Waals surface area (Å²) in [5.41, 5.74) is -0.137. The minimum absolute atomic E-state index is 0.0132. The van der Waals surface area contributed by atoms with Crippen LogP contribution in [0.25, 0.3) is 0 Å². The third kappa shape index (κ3) is 4.53. The molecule has 0 spiro atoms. The number of methoxy groups -OCH3 is 1. The lowest BCUT2D eigenvalue weighted by atomic mass is 10.2. The molecule has 0 heterocycles. The summed E-state index contributed by atoms with van der Waals surface area (Å²) in [6, 6.07) is 11.7. The van der Waals surface area contributed by atoms with Crippen LogP contribution in [-0.4, -0.2) is 34.5 Å². The van der Waals surface area contributed by atoms with Crippen LogP contribution in [0.5, 0.6) is 5.75 Å². The SMILES string of the molecule is COc1ccc(C(=O)NCCNS(=O)(=O)c2ccccc2)c(F)c1. The standard InChI is InChI=1S/C16H17FN2O4S/c1-23-12-7-8-14(15(17)11-12)16(20)18-9-10-19-24(21,22)13-5-3-2-4-6-13/h2-8,11,19H,9-10H2,1H3,(H,18,20). The molecule has 0 aromatic heterocycles. The van der Waals surface area contributed by atoms with E-state index in [-0.39, 0.29) is 23.5 Å². The van der Waals surface area contributed by atoms with E-state index in [2.05, 4.69) is 10.0 Å². The van der Waals surface area contributed by atoms with Crippen LogP contribution in [0.4, 0.5) is 4.39 Å². The molecular weight excluding hydrogens is 335 g/mol. The number of sulfonamides is 1. The fourth-order valence-corrected chi connectivity index (χ4v) is 3.00. The summed E-state index contributed by atoms with van der Waals surface area (Å²) in [6.45, 7) is 0.0110. The lowest BCUT2D eigenvalue weighted by molar-refractivity contribution is 0.0950. The van der Waals surface area contributed by atoms with Crippen LogP contribution in [-0.2, 0) is 10.0 Å². The molecule has 0 aliphatic carbocycles. The molecular formula is C16H17FN2O4S. The van der Waals surface area contributed by atoms with Gasteiger partial charge in [0.2, 0.25) is 10.0 Å². The molecule has 0 bridgehead atoms. The molecule has 2 N–H and O–H groups in total. The Balaban J connectivity index is 1.87. The first-order chi connectivity index (χ1) is 11.4. The largest absolute Gasteiger partial charge is 0.497 e. The fraction of sp³-hybridized carbons (Fsp3) is 0.188. The Labute approximate surface area is 139 Å². The predicted octanol–water partition coefficient (Wildman–Crippen LogP) is 1.54. The maximum atomic E-state index is 13.8. The number of halogens is 1. The van der Waals surface area contributed by atoms with Crippen molar-refractivity contribution < 1.29 is 22.3 Å². The van der Waals surface area contributed by atoms with Crippen molar-refractivity contribution in [3.8, 4) is 5.75 Å². The quantitative estimate of drug-likeness (QED) is 0.741. The fourth-order valence-electron chi connectivity index (χ4n) is 1.95. The van der Waals surface area contributed by atoms with Crippen LogP contribution in [0.15, 0.2) is 53.4 Å². The van der Waals surface area contributed by atoms with Crippen LogP contribution in [0.3, 0.4) is 0 Å². The number of benzene rings is 2. The summed E-state index contributed by atoms with van der Waals surface area (Å²) in [4.78, 5) is 12.0. The average Bonchev–Trinajstić information content (AvgIpc) is 2.59. The van der Waals surface area contributed by atoms with Crippen molar-refractivity contribution in [1.29, 1.82) is 0 Å². The van der Waals surface area contributed by atoms with Crippen LogP contribution >= 0.6 is 0 Å². The van der Waals surface area contributed by atoms with Crippen molar-refractivity contribution in [3.05, 3.63) is 59.9 Å². The van der Waals surface area contributed by atoms with Crippen LogP contribution in [0.2, 0.25) is 0 Å². The van der Waals surface area contributed by atoms with E-state index in [1.807, 2.05) is 0 Å². The molecule has 0 radical (unpaired) electrons. The van der Waals surface area contributed by atoms with Gasteiger partial charge < -0.3 is 10.1 Å². The van der Waals surface area contributed by atoms with Gasteiger partial charge in [-0.1, -0.05) is 18.2 Å². The van der Waals surface area contributed by atoms with E-state index in [0.29, 0.717) is 5.75 Å². The number of ether oxygens (including phenoxy) is 1. The van der Waals surface area contributed by atoms with Crippen molar-refractivity contribution >= 4 is 15.9 Å². The highest BCUT2D eigenvalue weighted by Crippen LogP contribution is 2.16. The lowest BCUT2D eigenvalue weighted by Gasteiger charge is -2.09. The third-order valence-electron chi connectivity index (χ3n) is 3.18. The van der Waals surface area contributed by atoms with E-state index in [9.17, 15) is 17.6 Å². The van der Waals surface area contributed by atoms with E-state index in [4.69, 9.17) is 4.74 Å². The van der Waals surface area contributed by atoms with Crippen LogP contribution in [0.1, 0.15) is 10.4 Å². The summed E-state index contributed by atoms with van der Waals surface area (Å²) in [7, 11) is -2.24. The summed E-state index contributed by atoms with van der Waals surface area (Å²) >= 11 is 0. The van der Waals surface area contributed by atoms with Crippen molar-refractivity contribution in [3.63, 3.8) is 0 Å². The zero-order chi connectivity index (χ0) is 17.6. The number of carbonyl (C=O) groups is 1. The minimum atomic E-state index is -3.63. The van der Waals surface area contributed by atoms with E-state index in [0.717, 1.165) is 6.07 Å². The summed E-state index contributed by atoms with van der Waals surface area (Å²) < 4.78 is 44.9. The normalized spacial score (nSPS) is 11.1. The van der Waals surface area contributed by atoms with Crippen molar-refractivity contribution in [2.24, 2.45) is 0 Å². The van der Waals surface area contributed by atoms with Gasteiger partial charge in [-0.3, -0.25) is 4.79 Å². The summed E-state index contributed by atoms with van der Waals surface area (Å²) in [5.74, 6) is -1.04. The van der Waals surface area contributed by atoms with Crippen molar-refractivity contribution in [1.82, 2.24) is 10.0 Å². The Kier molecular flexibility index (Phi) is 5.88. The van der Waals surface area contributed by atoms with Crippen LogP contribution in [0, 0.1) is 5.82 Å². The van der Waals surface area contributed by atoms with Crippen molar-refractivity contribution in [2.45, 2.75) is 4.90 Å². The smallest absolute Gasteiger partial charge is 0.254 e. The van der Waals surface area contributed by atoms with Gasteiger partial charge in [-0.25, -0.2) is 17.5 Å². The highest BCUT2D eigenvalue weighted by Gasteiger charge is 2.14. The first kappa shape index (κ1) is 17.9. The van der Waals surface area contributed by atoms with Gasteiger partial charge in [0.15, 0.2) is 0 Å². The van der Waals surface area contributed by atoms with Gasteiger partial charge in [0.25, 0.3) is 5.91 Å². The molecule has 8 heteroatoms. The topological polar surface area (TPSA) is 84.5 Å². The van der Waals surface area contributed by atoms with E-state index in [1.54, 1.807) is 18.2 Å². The Morgan fingerprint density at radius 1 is 1.12 bits per heavy atom. The average molecular weight is 352 g/mol. The molecule has 0 atom stereocenters. The molecule has 0 aliphatic heterocycles. The zero-order valence-corrected chi connectivity index (χ0v) is 13.8. The molecule has 2 rings (SSSR count). The number of rotatable bonds is 7. The van der Waals surface area contributed by atoms with Crippen LogP contribution < -0.4 is 14.8 Å². The van der Waals surface area contributed by atoms with Gasteiger partial charge in [-0.15, -0.1) is 0 Å². The Morgan fingerprint density at radius 3 is 2.46 bits per heavy atom. The molecule has 0 fully saturated rings. The number of hydrogen-bond acceptors (Lipinski definition) is 4. The van der Waals surface area contributed by atoms with Gasteiger partial charge in [0, 0.05) is 19.2 Å². The molecule has 1 amide bonds. The number of carbonyl (C=O) groups excluding carboxylic acids is 1. The second kappa shape index (κ2) is 7.89. The molecule has 0 unspecified atom stereocenters. The Bertz CT molecular complexity index is 810. The van der Waals surface area contributed by atoms with Gasteiger partial charge in [-0.2, -0.15) is 0 Å². The molecule has 0 saturated heterocycles. The highest BCUT2D eigenvalue weighted by atomic mass is 32.2. The molecule has 2 aromatic carbocycles. The van der Waals surface area contributed by atoms with Gasteiger partial charge in [-0.05, 0) is 24.3 Å². The van der Waals surface area contributed by atoms with Gasteiger partial charge in [0.1, 0.15) is 11.6 Å². The van der Waals surface area contributed by atoms with Gasteiger partial charge in [0.05, 0.1) is 17.6 Å². The Hall–Kier alpha value is -2.45. The lowest BCUT2D eigenvalue weighted by Crippen LogP contribution is -2.35. The monoisotopic (exact) mass is 352 g/mol. The van der Waals surface area contributed by atoms with E-state index in [1.165, 1.54) is 31.4 Å². The first-order valence-electron chi connectivity index (χ1n) is 7.10. The molecule has 2 aromatic rings. The molecule has 24 heavy (non-hydrogen) atoms. The van der Waals surface area contributed by atoms with E-state index < -0.39 is 21.7 Å². The maximum absolute atomic E-state index is 13.8. The number of nitrogens with one attached hydrogen (secondary N) is 2. The second-order valence-electron chi connectivity index (χ2n) is 4.81. The summed E-state index contributed by atoms with van der Waals surface area (Å²) in [5, 5.41) is 2.45.